The normalized spacial score (nSPS) is 17.8. The van der Waals surface area contributed by atoms with Crippen LogP contribution in [0.1, 0.15) is 12.7 Å². The van der Waals surface area contributed by atoms with Crippen molar-refractivity contribution >= 4 is 32.5 Å². The Hall–Kier alpha value is -2.79. The molecule has 1 saturated heterocycles. The maximum absolute atomic E-state index is 14.2. The highest BCUT2D eigenvalue weighted by Crippen LogP contribution is 2.36. The van der Waals surface area contributed by atoms with Crippen LogP contribution in [0, 0.1) is 18.6 Å². The quantitative estimate of drug-likeness (QED) is 0.621. The van der Waals surface area contributed by atoms with Crippen LogP contribution in [0.15, 0.2) is 28.0 Å². The summed E-state index contributed by atoms with van der Waals surface area (Å²) < 4.78 is 59.3. The molecule has 1 unspecified atom stereocenters. The summed E-state index contributed by atoms with van der Waals surface area (Å²) in [5.74, 6) is -1.44. The first kappa shape index (κ1) is 19.5. The fourth-order valence-corrected chi connectivity index (χ4v) is 5.00. The van der Waals surface area contributed by atoms with Crippen molar-refractivity contribution in [3.8, 4) is 0 Å². The van der Waals surface area contributed by atoms with Gasteiger partial charge in [-0.3, -0.25) is 0 Å². The second-order valence-corrected chi connectivity index (χ2v) is 8.75. The minimum atomic E-state index is -4.41. The van der Waals surface area contributed by atoms with Crippen LogP contribution < -0.4 is 10.6 Å². The van der Waals surface area contributed by atoms with Crippen LogP contribution in [-0.2, 0) is 14.6 Å². The molecule has 29 heavy (non-hydrogen) atoms. The lowest BCUT2D eigenvalue weighted by Crippen LogP contribution is -2.41. The number of nitrogens with two attached hydrogens (primary N) is 1. The Morgan fingerprint density at radius 2 is 2.07 bits per heavy atom. The van der Waals surface area contributed by atoms with Crippen LogP contribution >= 0.6 is 0 Å². The number of aromatic amines is 1. The third-order valence-electron chi connectivity index (χ3n) is 4.71. The van der Waals surface area contributed by atoms with Crippen molar-refractivity contribution in [2.75, 3.05) is 30.3 Å². The van der Waals surface area contributed by atoms with Crippen LogP contribution in [0.25, 0.3) is 11.0 Å². The summed E-state index contributed by atoms with van der Waals surface area (Å²) >= 11 is 0. The van der Waals surface area contributed by atoms with E-state index in [1.807, 2.05) is 11.8 Å². The van der Waals surface area contributed by atoms with Crippen molar-refractivity contribution in [2.45, 2.75) is 29.7 Å². The molecule has 3 aromatic rings. The molecule has 0 bridgehead atoms. The summed E-state index contributed by atoms with van der Waals surface area (Å²) in [5.41, 5.74) is 6.39. The zero-order valence-electron chi connectivity index (χ0n) is 15.7. The number of fused-ring (bicyclic) bond motifs is 1. The Morgan fingerprint density at radius 3 is 2.76 bits per heavy atom. The van der Waals surface area contributed by atoms with E-state index in [1.54, 1.807) is 6.92 Å². The topological polar surface area (TPSA) is 114 Å². The highest BCUT2D eigenvalue weighted by molar-refractivity contribution is 7.92. The first-order valence-electron chi connectivity index (χ1n) is 8.91. The van der Waals surface area contributed by atoms with Gasteiger partial charge in [-0.05, 0) is 26.0 Å². The van der Waals surface area contributed by atoms with Crippen LogP contribution in [0.4, 0.5) is 20.4 Å². The van der Waals surface area contributed by atoms with Gasteiger partial charge >= 0.3 is 0 Å². The molecule has 8 nitrogen and oxygen atoms in total. The number of hydrogen-bond donors (Lipinski definition) is 2. The van der Waals surface area contributed by atoms with Gasteiger partial charge in [0.2, 0.25) is 9.84 Å². The molecule has 1 aromatic carbocycles. The average Bonchev–Trinajstić information content (AvgIpc) is 2.97. The smallest absolute Gasteiger partial charge is 0.215 e. The number of halogens is 2. The van der Waals surface area contributed by atoms with Crippen molar-refractivity contribution in [1.29, 1.82) is 0 Å². The maximum atomic E-state index is 14.2. The Balaban J connectivity index is 1.93. The minimum Gasteiger partial charge on any atom is -0.384 e. The number of aryl methyl sites for hydroxylation is 1. The number of H-pyrrole nitrogens is 1. The molecule has 11 heteroatoms. The average molecular weight is 423 g/mol. The molecule has 1 aliphatic heterocycles. The predicted molar refractivity (Wildman–Crippen MR) is 102 cm³/mol. The number of nitrogens with zero attached hydrogens (tertiary/aromatic N) is 3. The highest BCUT2D eigenvalue weighted by atomic mass is 32.2. The Bertz CT molecular complexity index is 1210. The lowest BCUT2D eigenvalue weighted by molar-refractivity contribution is 0.0530. The van der Waals surface area contributed by atoms with E-state index in [9.17, 15) is 17.2 Å². The molecular formula is C18H19F2N5O3S. The van der Waals surface area contributed by atoms with E-state index < -0.39 is 26.4 Å². The highest BCUT2D eigenvalue weighted by Gasteiger charge is 2.32. The zero-order valence-corrected chi connectivity index (χ0v) is 16.6. The first-order valence-corrected chi connectivity index (χ1v) is 10.4. The molecule has 0 amide bonds. The molecule has 1 aliphatic rings. The van der Waals surface area contributed by atoms with Crippen LogP contribution in [-0.4, -0.2) is 49.2 Å². The van der Waals surface area contributed by atoms with Gasteiger partial charge in [0.1, 0.15) is 44.1 Å². The lowest BCUT2D eigenvalue weighted by atomic mass is 10.3. The summed E-state index contributed by atoms with van der Waals surface area (Å²) in [5, 5.41) is 0. The van der Waals surface area contributed by atoms with Gasteiger partial charge < -0.3 is 20.4 Å². The SMILES string of the molecule is Cc1nc(N2CCOC(C)C2)c2[nH]c(N)c(S(=O)(=O)c3ccc(F)cc3F)c2n1. The van der Waals surface area contributed by atoms with Crippen LogP contribution in [0.5, 0.6) is 0 Å². The number of sulfone groups is 1. The van der Waals surface area contributed by atoms with E-state index in [2.05, 4.69) is 15.0 Å². The molecule has 0 saturated carbocycles. The van der Waals surface area contributed by atoms with Crippen molar-refractivity contribution in [2.24, 2.45) is 0 Å². The second kappa shape index (κ2) is 6.92. The third-order valence-corrected chi connectivity index (χ3v) is 6.57. The molecule has 3 heterocycles. The maximum Gasteiger partial charge on any atom is 0.215 e. The number of morpholine rings is 1. The standard InChI is InChI=1S/C18H19F2N5O3S/c1-9-8-25(5-6-28-9)18-15-14(22-10(2)23-18)16(17(21)24-15)29(26,27)13-4-3-11(19)7-12(13)20/h3-4,7,9,24H,5-6,8,21H2,1-2H3. The Labute approximate surface area is 165 Å². The molecule has 2 aromatic heterocycles. The fourth-order valence-electron chi connectivity index (χ4n) is 3.47. The van der Waals surface area contributed by atoms with Crippen molar-refractivity contribution in [3.05, 3.63) is 35.7 Å². The zero-order chi connectivity index (χ0) is 20.9. The van der Waals surface area contributed by atoms with Gasteiger partial charge in [0, 0.05) is 19.2 Å². The number of hydrogen-bond acceptors (Lipinski definition) is 7. The lowest BCUT2D eigenvalue weighted by Gasteiger charge is -2.32. The minimum absolute atomic E-state index is 0.0297. The van der Waals surface area contributed by atoms with Crippen molar-refractivity contribution in [1.82, 2.24) is 15.0 Å². The van der Waals surface area contributed by atoms with Crippen molar-refractivity contribution in [3.63, 3.8) is 0 Å². The number of nitrogens with one attached hydrogen (secondary N) is 1. The van der Waals surface area contributed by atoms with E-state index in [-0.39, 0.29) is 22.3 Å². The summed E-state index contributed by atoms with van der Waals surface area (Å²) in [4.78, 5) is 12.5. The van der Waals surface area contributed by atoms with Crippen LogP contribution in [0.2, 0.25) is 0 Å². The van der Waals surface area contributed by atoms with Crippen molar-refractivity contribution < 1.29 is 21.9 Å². The summed E-state index contributed by atoms with van der Waals surface area (Å²) in [6.07, 6.45) is -0.0297. The summed E-state index contributed by atoms with van der Waals surface area (Å²) in [6, 6.07) is 2.26. The molecular weight excluding hydrogens is 404 g/mol. The monoisotopic (exact) mass is 423 g/mol. The summed E-state index contributed by atoms with van der Waals surface area (Å²) in [6.45, 7) is 5.16. The molecule has 4 rings (SSSR count). The van der Waals surface area contributed by atoms with Gasteiger partial charge in [-0.2, -0.15) is 0 Å². The number of rotatable bonds is 3. The van der Waals surface area contributed by atoms with Gasteiger partial charge in [0.15, 0.2) is 5.82 Å². The Morgan fingerprint density at radius 1 is 1.31 bits per heavy atom. The number of anilines is 2. The number of ether oxygens (including phenoxy) is 1. The largest absolute Gasteiger partial charge is 0.384 e. The number of nitrogen functional groups attached to an aromatic ring is 1. The molecule has 1 atom stereocenters. The van der Waals surface area contributed by atoms with E-state index in [0.717, 1.165) is 12.1 Å². The van der Waals surface area contributed by atoms with Gasteiger partial charge in [0.25, 0.3) is 0 Å². The van der Waals surface area contributed by atoms with E-state index in [4.69, 9.17) is 10.5 Å². The second-order valence-electron chi connectivity index (χ2n) is 6.89. The van der Waals surface area contributed by atoms with Gasteiger partial charge in [0.05, 0.1) is 12.7 Å². The predicted octanol–water partition coefficient (Wildman–Crippen LogP) is 2.18. The Kier molecular flexibility index (Phi) is 4.66. The van der Waals surface area contributed by atoms with Gasteiger partial charge in [-0.25, -0.2) is 27.2 Å². The number of aromatic nitrogens is 3. The molecule has 0 aliphatic carbocycles. The van der Waals surface area contributed by atoms with E-state index >= 15 is 0 Å². The number of benzene rings is 1. The van der Waals surface area contributed by atoms with E-state index in [1.165, 1.54) is 0 Å². The molecule has 3 N–H and O–H groups in total. The van der Waals surface area contributed by atoms with Gasteiger partial charge in [-0.1, -0.05) is 0 Å². The fraction of sp³-hybridized carbons (Fsp3) is 0.333. The third kappa shape index (κ3) is 3.29. The molecule has 0 radical (unpaired) electrons. The molecule has 0 spiro atoms. The summed E-state index contributed by atoms with van der Waals surface area (Å²) in [7, 11) is -4.41. The first-order chi connectivity index (χ1) is 13.7. The molecule has 154 valence electrons. The van der Waals surface area contributed by atoms with Crippen LogP contribution in [0.3, 0.4) is 0 Å². The molecule has 1 fully saturated rings. The van der Waals surface area contributed by atoms with Gasteiger partial charge in [-0.15, -0.1) is 0 Å². The van der Waals surface area contributed by atoms with E-state index in [0.29, 0.717) is 42.9 Å².